The summed E-state index contributed by atoms with van der Waals surface area (Å²) in [6, 6.07) is 20.8. The number of hydrogen-bond donors (Lipinski definition) is 4. The lowest BCUT2D eigenvalue weighted by Crippen LogP contribution is -2.29. The molecule has 2 heterocycles. The minimum absolute atomic E-state index is 0.191. The number of carbonyl (C=O) groups excluding carboxylic acids is 1. The van der Waals surface area contributed by atoms with Gasteiger partial charge in [0.15, 0.2) is 0 Å². The van der Waals surface area contributed by atoms with Gasteiger partial charge < -0.3 is 21.9 Å². The number of halogens is 2. The number of fused-ring (bicyclic) bond motifs is 3. The first-order valence-corrected chi connectivity index (χ1v) is 12.6. The standard InChI is InChI=1S/C27H24FIN6O/c28-13-11-19(18-12-14-32-26(18)30)27(36)34-24-17-7-2-1-6-16(17)23-20(24)8-5-9-21(23)25(29)33-22-10-3-4-15-35(22)31/h1-12,14-15,24-25,32H,13,30-31H2,(H,34,36)/b19-11+,33-22?. The van der Waals surface area contributed by atoms with E-state index in [-0.39, 0.29) is 9.62 Å². The normalized spacial score (nSPS) is 15.9. The minimum atomic E-state index is -0.784. The number of carbonyl (C=O) groups is 1. The van der Waals surface area contributed by atoms with Crippen LogP contribution in [0.2, 0.25) is 0 Å². The first-order valence-electron chi connectivity index (χ1n) is 11.3. The fraction of sp³-hybridized carbons (Fsp3) is 0.111. The molecule has 9 heteroatoms. The van der Waals surface area contributed by atoms with E-state index in [0.29, 0.717) is 16.9 Å². The first kappa shape index (κ1) is 23.9. The lowest BCUT2D eigenvalue weighted by Gasteiger charge is -2.18. The number of nitrogens with two attached hydrogens (primary N) is 2. The topological polar surface area (TPSA) is 114 Å². The van der Waals surface area contributed by atoms with Crippen LogP contribution in [0.5, 0.6) is 0 Å². The van der Waals surface area contributed by atoms with Crippen molar-refractivity contribution in [1.29, 1.82) is 0 Å². The van der Waals surface area contributed by atoms with Crippen LogP contribution in [-0.4, -0.2) is 22.2 Å². The number of nitrogen functional groups attached to an aromatic ring is 2. The van der Waals surface area contributed by atoms with Gasteiger partial charge in [-0.25, -0.2) is 9.38 Å². The van der Waals surface area contributed by atoms with Crippen molar-refractivity contribution < 1.29 is 9.18 Å². The number of hydrogen-bond acceptors (Lipinski definition) is 4. The van der Waals surface area contributed by atoms with E-state index in [4.69, 9.17) is 16.6 Å². The molecule has 0 saturated heterocycles. The number of aromatic nitrogens is 2. The maximum atomic E-state index is 13.4. The van der Waals surface area contributed by atoms with E-state index in [9.17, 15) is 9.18 Å². The highest BCUT2D eigenvalue weighted by atomic mass is 127. The third-order valence-corrected chi connectivity index (χ3v) is 7.17. The van der Waals surface area contributed by atoms with Gasteiger partial charge in [-0.15, -0.1) is 0 Å². The van der Waals surface area contributed by atoms with Crippen molar-refractivity contribution in [3.8, 4) is 11.1 Å². The SMILES string of the molecule is Nc1[nH]ccc1/C(=C\CF)C(=O)NC1c2ccccc2-c2c(C(I)N=c3ccccn3N)cccc21. The van der Waals surface area contributed by atoms with Gasteiger partial charge in [-0.2, -0.15) is 0 Å². The van der Waals surface area contributed by atoms with Crippen molar-refractivity contribution in [3.63, 3.8) is 0 Å². The molecule has 0 saturated carbocycles. The Morgan fingerprint density at radius 1 is 1.14 bits per heavy atom. The van der Waals surface area contributed by atoms with Gasteiger partial charge in [0.05, 0.1) is 6.04 Å². The molecule has 0 radical (unpaired) electrons. The van der Waals surface area contributed by atoms with E-state index in [1.807, 2.05) is 60.7 Å². The lowest BCUT2D eigenvalue weighted by atomic mass is 9.99. The van der Waals surface area contributed by atoms with Crippen LogP contribution in [0.25, 0.3) is 16.7 Å². The van der Waals surface area contributed by atoms with Crippen LogP contribution in [0.3, 0.4) is 0 Å². The molecule has 2 unspecified atom stereocenters. The molecule has 2 atom stereocenters. The van der Waals surface area contributed by atoms with Crippen LogP contribution in [0.1, 0.15) is 32.3 Å². The zero-order valence-corrected chi connectivity index (χ0v) is 21.3. The summed E-state index contributed by atoms with van der Waals surface area (Å²) < 4.78 is 14.6. The lowest BCUT2D eigenvalue weighted by molar-refractivity contribution is -0.116. The summed E-state index contributed by atoms with van der Waals surface area (Å²) in [5.74, 6) is 5.96. The number of H-pyrrole nitrogens is 1. The maximum absolute atomic E-state index is 13.4. The number of aromatic amines is 1. The predicted octanol–water partition coefficient (Wildman–Crippen LogP) is 4.39. The van der Waals surface area contributed by atoms with Crippen LogP contribution >= 0.6 is 22.6 Å². The molecule has 182 valence electrons. The Balaban J connectivity index is 1.57. The minimum Gasteiger partial charge on any atom is -0.385 e. The summed E-state index contributed by atoms with van der Waals surface area (Å²) in [4.78, 5) is 21.1. The average molecular weight is 594 g/mol. The third-order valence-electron chi connectivity index (χ3n) is 6.22. The Hall–Kier alpha value is -3.86. The summed E-state index contributed by atoms with van der Waals surface area (Å²) in [7, 11) is 0. The highest BCUT2D eigenvalue weighted by Crippen LogP contribution is 2.48. The Bertz CT molecular complexity index is 1540. The number of benzene rings is 2. The van der Waals surface area contributed by atoms with Crippen molar-refractivity contribution >= 4 is 39.9 Å². The van der Waals surface area contributed by atoms with Crippen LogP contribution in [0, 0.1) is 0 Å². The third kappa shape index (κ3) is 4.30. The summed E-state index contributed by atoms with van der Waals surface area (Å²) in [5.41, 5.74) is 12.3. The number of pyridine rings is 1. The zero-order valence-electron chi connectivity index (χ0n) is 19.2. The van der Waals surface area contributed by atoms with Crippen molar-refractivity contribution in [3.05, 3.63) is 113 Å². The number of anilines is 1. The van der Waals surface area contributed by atoms with E-state index >= 15 is 0 Å². The molecule has 0 aliphatic heterocycles. The van der Waals surface area contributed by atoms with Crippen LogP contribution in [-0.2, 0) is 4.79 Å². The quantitative estimate of drug-likeness (QED) is 0.0874. The number of alkyl halides is 2. The molecule has 5 rings (SSSR count). The predicted molar refractivity (Wildman–Crippen MR) is 148 cm³/mol. The Morgan fingerprint density at radius 2 is 1.92 bits per heavy atom. The number of nitrogens with one attached hydrogen (secondary N) is 2. The van der Waals surface area contributed by atoms with Gasteiger partial charge in [0.25, 0.3) is 5.91 Å². The largest absolute Gasteiger partial charge is 0.385 e. The fourth-order valence-electron chi connectivity index (χ4n) is 4.61. The number of nitrogens with zero attached hydrogens (tertiary/aromatic N) is 2. The van der Waals surface area contributed by atoms with E-state index < -0.39 is 18.6 Å². The first-order chi connectivity index (χ1) is 17.5. The van der Waals surface area contributed by atoms with Crippen molar-refractivity contribution in [2.24, 2.45) is 4.99 Å². The van der Waals surface area contributed by atoms with E-state index in [1.54, 1.807) is 18.5 Å². The van der Waals surface area contributed by atoms with Gasteiger partial charge in [-0.1, -0.05) is 71.1 Å². The Kier molecular flexibility index (Phi) is 6.64. The second-order valence-corrected chi connectivity index (χ2v) is 9.49. The van der Waals surface area contributed by atoms with E-state index in [0.717, 1.165) is 27.8 Å². The molecule has 0 bridgehead atoms. The highest BCUT2D eigenvalue weighted by Gasteiger charge is 2.33. The van der Waals surface area contributed by atoms with Crippen molar-refractivity contribution in [2.45, 2.75) is 10.1 Å². The summed E-state index contributed by atoms with van der Waals surface area (Å²) in [5, 5.41) is 3.12. The second kappa shape index (κ2) is 10.0. The van der Waals surface area contributed by atoms with Gasteiger partial charge in [0, 0.05) is 23.5 Å². The van der Waals surface area contributed by atoms with Crippen LogP contribution in [0.15, 0.2) is 90.2 Å². The molecule has 1 aliphatic carbocycles. The monoisotopic (exact) mass is 594 g/mol. The van der Waals surface area contributed by atoms with Crippen LogP contribution in [0.4, 0.5) is 10.2 Å². The molecule has 2 aromatic heterocycles. The molecular formula is C27H24FIN6O. The fourth-order valence-corrected chi connectivity index (χ4v) is 5.41. The summed E-state index contributed by atoms with van der Waals surface area (Å²) >= 11 is 2.29. The van der Waals surface area contributed by atoms with Crippen molar-refractivity contribution in [1.82, 2.24) is 15.0 Å². The molecule has 6 N–H and O–H groups in total. The highest BCUT2D eigenvalue weighted by molar-refractivity contribution is 14.1. The Labute approximate surface area is 220 Å². The van der Waals surface area contributed by atoms with Crippen LogP contribution < -0.4 is 22.4 Å². The number of allylic oxidation sites excluding steroid dienone is 1. The van der Waals surface area contributed by atoms with Gasteiger partial charge in [-0.05, 0) is 52.1 Å². The summed E-state index contributed by atoms with van der Waals surface area (Å²) in [6.07, 6.45) is 4.62. The van der Waals surface area contributed by atoms with E-state index in [1.165, 1.54) is 10.8 Å². The molecule has 7 nitrogen and oxygen atoms in total. The zero-order chi connectivity index (χ0) is 25.2. The van der Waals surface area contributed by atoms with E-state index in [2.05, 4.69) is 32.9 Å². The smallest absolute Gasteiger partial charge is 0.252 e. The number of rotatable bonds is 6. The van der Waals surface area contributed by atoms with Gasteiger partial charge in [-0.3, -0.25) is 9.47 Å². The van der Waals surface area contributed by atoms with Gasteiger partial charge in [0.1, 0.15) is 22.0 Å². The second-order valence-electron chi connectivity index (χ2n) is 8.31. The van der Waals surface area contributed by atoms with Gasteiger partial charge in [0.2, 0.25) is 0 Å². The number of amides is 1. The van der Waals surface area contributed by atoms with Gasteiger partial charge >= 0.3 is 0 Å². The average Bonchev–Trinajstić information content (AvgIpc) is 3.45. The molecule has 0 fully saturated rings. The summed E-state index contributed by atoms with van der Waals surface area (Å²) in [6.45, 7) is -0.784. The Morgan fingerprint density at radius 3 is 2.67 bits per heavy atom. The molecule has 1 amide bonds. The molecule has 4 aromatic rings. The maximum Gasteiger partial charge on any atom is 0.252 e. The molecule has 2 aromatic carbocycles. The molecule has 1 aliphatic rings. The molecule has 0 spiro atoms. The van der Waals surface area contributed by atoms with Crippen molar-refractivity contribution in [2.75, 3.05) is 18.3 Å². The molecule has 36 heavy (non-hydrogen) atoms. The molecular weight excluding hydrogens is 570 g/mol.